The third-order valence-electron chi connectivity index (χ3n) is 4.76. The molecule has 0 aliphatic rings. The van der Waals surface area contributed by atoms with Crippen molar-refractivity contribution in [3.63, 3.8) is 0 Å². The monoisotopic (exact) mass is 366 g/mol. The highest BCUT2D eigenvalue weighted by atomic mass is 16.5. The maximum absolute atomic E-state index is 9.02. The van der Waals surface area contributed by atoms with E-state index < -0.39 is 0 Å². The van der Waals surface area contributed by atoms with Gasteiger partial charge in [-0.1, -0.05) is 97.1 Å². The zero-order valence-corrected chi connectivity index (χ0v) is 15.6. The fourth-order valence-corrected chi connectivity index (χ4v) is 3.31. The minimum atomic E-state index is 0.00620. The Hall–Kier alpha value is -3.36. The predicted octanol–water partition coefficient (Wildman–Crippen LogP) is 6.06. The molecule has 0 aliphatic heterocycles. The van der Waals surface area contributed by atoms with Gasteiger partial charge in [0, 0.05) is 5.56 Å². The molecule has 2 heteroatoms. The van der Waals surface area contributed by atoms with Crippen molar-refractivity contribution in [3.8, 4) is 39.1 Å². The summed E-state index contributed by atoms with van der Waals surface area (Å²) in [4.78, 5) is 0. The first kappa shape index (κ1) is 18.0. The summed E-state index contributed by atoms with van der Waals surface area (Å²) >= 11 is 0. The number of rotatable bonds is 6. The summed E-state index contributed by atoms with van der Waals surface area (Å²) in [5.74, 6) is 0.788. The van der Waals surface area contributed by atoms with E-state index in [1.807, 2.05) is 30.3 Å². The van der Waals surface area contributed by atoms with E-state index in [1.165, 1.54) is 22.3 Å². The first-order valence-corrected chi connectivity index (χ1v) is 9.44. The van der Waals surface area contributed by atoms with Crippen molar-refractivity contribution < 1.29 is 9.84 Å². The van der Waals surface area contributed by atoms with Gasteiger partial charge in [0.05, 0.1) is 6.61 Å². The predicted molar refractivity (Wildman–Crippen MR) is 115 cm³/mol. The van der Waals surface area contributed by atoms with Gasteiger partial charge in [0.2, 0.25) is 0 Å². The standard InChI is InChI=1S/C26H22O2/c27-18-19-28-26-9-5-4-8-25(26)24-16-14-23(15-17-24)22-12-10-21(11-13-22)20-6-2-1-3-7-20/h1-17,27H,18-19H2. The van der Waals surface area contributed by atoms with Crippen molar-refractivity contribution in [1.82, 2.24) is 0 Å². The molecule has 138 valence electrons. The molecular formula is C26H22O2. The lowest BCUT2D eigenvalue weighted by Crippen LogP contribution is -2.02. The molecule has 0 bridgehead atoms. The largest absolute Gasteiger partial charge is 0.491 e. The molecule has 0 unspecified atom stereocenters. The molecule has 0 atom stereocenters. The summed E-state index contributed by atoms with van der Waals surface area (Å²) in [7, 11) is 0. The topological polar surface area (TPSA) is 29.5 Å². The van der Waals surface area contributed by atoms with Crippen molar-refractivity contribution in [2.24, 2.45) is 0 Å². The normalized spacial score (nSPS) is 10.6. The van der Waals surface area contributed by atoms with Gasteiger partial charge in [-0.3, -0.25) is 0 Å². The van der Waals surface area contributed by atoms with E-state index in [1.54, 1.807) is 0 Å². The van der Waals surface area contributed by atoms with Gasteiger partial charge in [0.25, 0.3) is 0 Å². The molecule has 28 heavy (non-hydrogen) atoms. The van der Waals surface area contributed by atoms with Gasteiger partial charge in [-0.25, -0.2) is 0 Å². The van der Waals surface area contributed by atoms with Gasteiger partial charge >= 0.3 is 0 Å². The van der Waals surface area contributed by atoms with Crippen molar-refractivity contribution in [2.45, 2.75) is 0 Å². The molecule has 2 nitrogen and oxygen atoms in total. The Morgan fingerprint density at radius 1 is 0.500 bits per heavy atom. The van der Waals surface area contributed by atoms with Crippen LogP contribution in [-0.4, -0.2) is 18.3 Å². The van der Waals surface area contributed by atoms with Crippen LogP contribution in [0.25, 0.3) is 33.4 Å². The lowest BCUT2D eigenvalue weighted by atomic mass is 9.98. The van der Waals surface area contributed by atoms with Gasteiger partial charge in [0.15, 0.2) is 0 Å². The van der Waals surface area contributed by atoms with Crippen LogP contribution in [0.1, 0.15) is 0 Å². The molecule has 0 spiro atoms. The minimum absolute atomic E-state index is 0.00620. The zero-order valence-electron chi connectivity index (χ0n) is 15.6. The molecule has 4 aromatic carbocycles. The molecule has 4 aromatic rings. The Morgan fingerprint density at radius 3 is 1.54 bits per heavy atom. The van der Waals surface area contributed by atoms with Gasteiger partial charge in [-0.15, -0.1) is 0 Å². The lowest BCUT2D eigenvalue weighted by molar-refractivity contribution is 0.202. The first-order chi connectivity index (χ1) is 13.8. The van der Waals surface area contributed by atoms with E-state index in [9.17, 15) is 0 Å². The number of para-hydroxylation sites is 1. The maximum Gasteiger partial charge on any atom is 0.127 e. The molecular weight excluding hydrogens is 344 g/mol. The van der Waals surface area contributed by atoms with E-state index in [0.29, 0.717) is 6.61 Å². The molecule has 4 rings (SSSR count). The van der Waals surface area contributed by atoms with Gasteiger partial charge in [0.1, 0.15) is 12.4 Å². The molecule has 0 aliphatic carbocycles. The number of aliphatic hydroxyl groups excluding tert-OH is 1. The molecule has 0 saturated carbocycles. The minimum Gasteiger partial charge on any atom is -0.491 e. The van der Waals surface area contributed by atoms with Crippen LogP contribution in [0, 0.1) is 0 Å². The highest BCUT2D eigenvalue weighted by Crippen LogP contribution is 2.32. The second kappa shape index (κ2) is 8.55. The van der Waals surface area contributed by atoms with E-state index in [2.05, 4.69) is 72.8 Å². The highest BCUT2D eigenvalue weighted by Gasteiger charge is 2.06. The molecule has 0 fully saturated rings. The van der Waals surface area contributed by atoms with Crippen LogP contribution in [0.3, 0.4) is 0 Å². The van der Waals surface area contributed by atoms with Crippen LogP contribution in [0.15, 0.2) is 103 Å². The van der Waals surface area contributed by atoms with Crippen LogP contribution in [0.2, 0.25) is 0 Å². The zero-order chi connectivity index (χ0) is 19.2. The van der Waals surface area contributed by atoms with Crippen molar-refractivity contribution in [2.75, 3.05) is 13.2 Å². The average Bonchev–Trinajstić information content (AvgIpc) is 2.79. The fourth-order valence-electron chi connectivity index (χ4n) is 3.31. The Balaban J connectivity index is 1.57. The average molecular weight is 366 g/mol. The number of hydrogen-bond acceptors (Lipinski definition) is 2. The second-order valence-corrected chi connectivity index (χ2v) is 6.59. The SMILES string of the molecule is OCCOc1ccccc1-c1ccc(-c2ccc(-c3ccccc3)cc2)cc1. The third-order valence-corrected chi connectivity index (χ3v) is 4.76. The van der Waals surface area contributed by atoms with Crippen molar-refractivity contribution >= 4 is 0 Å². The number of benzene rings is 4. The Morgan fingerprint density at radius 2 is 0.964 bits per heavy atom. The molecule has 0 radical (unpaired) electrons. The summed E-state index contributed by atoms with van der Waals surface area (Å²) in [6.07, 6.45) is 0. The van der Waals surface area contributed by atoms with Crippen LogP contribution in [0.5, 0.6) is 5.75 Å². The van der Waals surface area contributed by atoms with Crippen molar-refractivity contribution in [3.05, 3.63) is 103 Å². The smallest absolute Gasteiger partial charge is 0.127 e. The highest BCUT2D eigenvalue weighted by molar-refractivity contribution is 5.75. The summed E-state index contributed by atoms with van der Waals surface area (Å²) in [5.41, 5.74) is 6.94. The van der Waals surface area contributed by atoms with E-state index in [0.717, 1.165) is 16.9 Å². The maximum atomic E-state index is 9.02. The first-order valence-electron chi connectivity index (χ1n) is 9.44. The van der Waals surface area contributed by atoms with Crippen LogP contribution < -0.4 is 4.74 Å². The Bertz CT molecular complexity index is 1020. The van der Waals surface area contributed by atoms with E-state index >= 15 is 0 Å². The van der Waals surface area contributed by atoms with E-state index in [-0.39, 0.29) is 6.61 Å². The number of ether oxygens (including phenoxy) is 1. The number of aliphatic hydroxyl groups is 1. The Kier molecular flexibility index (Phi) is 5.51. The summed E-state index contributed by atoms with van der Waals surface area (Å²) < 4.78 is 5.66. The van der Waals surface area contributed by atoms with Crippen LogP contribution in [0.4, 0.5) is 0 Å². The van der Waals surface area contributed by atoms with E-state index in [4.69, 9.17) is 9.84 Å². The van der Waals surface area contributed by atoms with Crippen LogP contribution >= 0.6 is 0 Å². The van der Waals surface area contributed by atoms with Crippen molar-refractivity contribution in [1.29, 1.82) is 0 Å². The Labute approximate surface area is 165 Å². The molecule has 0 amide bonds. The quantitative estimate of drug-likeness (QED) is 0.449. The molecule has 1 N–H and O–H groups in total. The lowest BCUT2D eigenvalue weighted by Gasteiger charge is -2.11. The molecule has 0 aromatic heterocycles. The van der Waals surface area contributed by atoms with Gasteiger partial charge in [-0.2, -0.15) is 0 Å². The third kappa shape index (κ3) is 3.98. The number of hydrogen-bond donors (Lipinski definition) is 1. The summed E-state index contributed by atoms with van der Waals surface area (Å²) in [5, 5.41) is 9.02. The molecule has 0 heterocycles. The van der Waals surface area contributed by atoms with Gasteiger partial charge < -0.3 is 9.84 Å². The fraction of sp³-hybridized carbons (Fsp3) is 0.0769. The summed E-state index contributed by atoms with van der Waals surface area (Å²) in [6.45, 7) is 0.301. The second-order valence-electron chi connectivity index (χ2n) is 6.59. The summed E-state index contributed by atoms with van der Waals surface area (Å²) in [6, 6.07) is 35.5. The molecule has 0 saturated heterocycles. The van der Waals surface area contributed by atoms with Crippen LogP contribution in [-0.2, 0) is 0 Å². The van der Waals surface area contributed by atoms with Gasteiger partial charge in [-0.05, 0) is 33.9 Å².